The first kappa shape index (κ1) is 13.5. The van der Waals surface area contributed by atoms with E-state index in [4.69, 9.17) is 0 Å². The lowest BCUT2D eigenvalue weighted by atomic mass is 10.3. The van der Waals surface area contributed by atoms with E-state index in [9.17, 15) is 9.90 Å². The minimum absolute atomic E-state index is 0.0274. The van der Waals surface area contributed by atoms with Crippen molar-refractivity contribution in [2.24, 2.45) is 0 Å². The molecule has 0 aliphatic rings. The fourth-order valence-electron chi connectivity index (χ4n) is 1.61. The van der Waals surface area contributed by atoms with Gasteiger partial charge in [0.1, 0.15) is 5.75 Å². The van der Waals surface area contributed by atoms with Gasteiger partial charge < -0.3 is 10.0 Å². The zero-order chi connectivity index (χ0) is 13.7. The van der Waals surface area contributed by atoms with Crippen LogP contribution in [-0.4, -0.2) is 23.8 Å². The molecule has 0 aliphatic carbocycles. The van der Waals surface area contributed by atoms with Crippen molar-refractivity contribution in [2.75, 3.05) is 17.7 Å². The van der Waals surface area contributed by atoms with Crippen molar-refractivity contribution >= 4 is 23.4 Å². The van der Waals surface area contributed by atoms with Crippen molar-refractivity contribution < 1.29 is 9.90 Å². The summed E-state index contributed by atoms with van der Waals surface area (Å²) in [6, 6.07) is 16.4. The van der Waals surface area contributed by atoms with Crippen LogP contribution in [-0.2, 0) is 4.79 Å². The first-order valence-electron chi connectivity index (χ1n) is 5.90. The SMILES string of the molecule is CN(C(=O)CSc1cccc(O)c1)c1ccccc1. The van der Waals surface area contributed by atoms with E-state index >= 15 is 0 Å². The highest BCUT2D eigenvalue weighted by atomic mass is 32.2. The predicted octanol–water partition coefficient (Wildman–Crippen LogP) is 3.15. The van der Waals surface area contributed by atoms with Gasteiger partial charge in [-0.25, -0.2) is 0 Å². The molecule has 0 atom stereocenters. The molecule has 0 aliphatic heterocycles. The Bertz CT molecular complexity index is 557. The molecule has 98 valence electrons. The number of nitrogens with zero attached hydrogens (tertiary/aromatic N) is 1. The Balaban J connectivity index is 1.95. The zero-order valence-electron chi connectivity index (χ0n) is 10.6. The van der Waals surface area contributed by atoms with Gasteiger partial charge in [0, 0.05) is 17.6 Å². The summed E-state index contributed by atoms with van der Waals surface area (Å²) in [6.45, 7) is 0. The summed E-state index contributed by atoms with van der Waals surface area (Å²) in [6.07, 6.45) is 0. The number of hydrogen-bond donors (Lipinski definition) is 1. The summed E-state index contributed by atoms with van der Waals surface area (Å²) in [4.78, 5) is 14.6. The van der Waals surface area contributed by atoms with Crippen LogP contribution in [0.1, 0.15) is 0 Å². The minimum Gasteiger partial charge on any atom is -0.508 e. The summed E-state index contributed by atoms with van der Waals surface area (Å²) < 4.78 is 0. The Morgan fingerprint density at radius 1 is 1.16 bits per heavy atom. The molecule has 1 N–H and O–H groups in total. The van der Waals surface area contributed by atoms with Crippen LogP contribution >= 0.6 is 11.8 Å². The quantitative estimate of drug-likeness (QED) is 0.870. The van der Waals surface area contributed by atoms with E-state index in [0.717, 1.165) is 10.6 Å². The summed E-state index contributed by atoms with van der Waals surface area (Å²) >= 11 is 1.41. The van der Waals surface area contributed by atoms with Gasteiger partial charge in [-0.2, -0.15) is 0 Å². The second-order valence-corrected chi connectivity index (χ2v) is 5.12. The molecule has 0 saturated carbocycles. The van der Waals surface area contributed by atoms with Gasteiger partial charge in [0.05, 0.1) is 5.75 Å². The van der Waals surface area contributed by atoms with Crippen molar-refractivity contribution in [1.82, 2.24) is 0 Å². The molecule has 1 amide bonds. The first-order chi connectivity index (χ1) is 9.16. The molecule has 2 rings (SSSR count). The second-order valence-electron chi connectivity index (χ2n) is 4.07. The van der Waals surface area contributed by atoms with Crippen LogP contribution in [0.5, 0.6) is 5.75 Å². The van der Waals surface area contributed by atoms with E-state index in [1.165, 1.54) is 11.8 Å². The molecule has 0 aromatic heterocycles. The van der Waals surface area contributed by atoms with Gasteiger partial charge in [-0.3, -0.25) is 4.79 Å². The Hall–Kier alpha value is -1.94. The Kier molecular flexibility index (Phi) is 4.47. The highest BCUT2D eigenvalue weighted by Gasteiger charge is 2.10. The Morgan fingerprint density at radius 2 is 1.89 bits per heavy atom. The first-order valence-corrected chi connectivity index (χ1v) is 6.89. The molecular weight excluding hydrogens is 258 g/mol. The number of phenols is 1. The van der Waals surface area contributed by atoms with Crippen LogP contribution in [0.25, 0.3) is 0 Å². The van der Waals surface area contributed by atoms with Crippen LogP contribution in [0, 0.1) is 0 Å². The van der Waals surface area contributed by atoms with Gasteiger partial charge in [-0.1, -0.05) is 24.3 Å². The number of thioether (sulfide) groups is 1. The van der Waals surface area contributed by atoms with Crippen molar-refractivity contribution in [2.45, 2.75) is 4.90 Å². The number of rotatable bonds is 4. The second kappa shape index (κ2) is 6.29. The maximum Gasteiger partial charge on any atom is 0.237 e. The number of hydrogen-bond acceptors (Lipinski definition) is 3. The van der Waals surface area contributed by atoms with E-state index in [2.05, 4.69) is 0 Å². The molecule has 0 heterocycles. The Morgan fingerprint density at radius 3 is 2.58 bits per heavy atom. The van der Waals surface area contributed by atoms with Gasteiger partial charge in [0.2, 0.25) is 5.91 Å². The average molecular weight is 273 g/mol. The standard InChI is InChI=1S/C15H15NO2S/c1-16(12-6-3-2-4-7-12)15(18)11-19-14-9-5-8-13(17)10-14/h2-10,17H,11H2,1H3. The summed E-state index contributed by atoms with van der Waals surface area (Å²) in [7, 11) is 1.76. The maximum absolute atomic E-state index is 12.0. The van der Waals surface area contributed by atoms with E-state index in [0.29, 0.717) is 5.75 Å². The van der Waals surface area contributed by atoms with E-state index in [-0.39, 0.29) is 11.7 Å². The lowest BCUT2D eigenvalue weighted by Gasteiger charge is -2.16. The van der Waals surface area contributed by atoms with Gasteiger partial charge in [0.15, 0.2) is 0 Å². The third-order valence-electron chi connectivity index (χ3n) is 2.70. The normalized spacial score (nSPS) is 10.2. The molecule has 0 radical (unpaired) electrons. The third-order valence-corrected chi connectivity index (χ3v) is 3.68. The van der Waals surface area contributed by atoms with Gasteiger partial charge in [-0.15, -0.1) is 11.8 Å². The topological polar surface area (TPSA) is 40.5 Å². The van der Waals surface area contributed by atoms with Crippen LogP contribution in [0.3, 0.4) is 0 Å². The highest BCUT2D eigenvalue weighted by Crippen LogP contribution is 2.23. The van der Waals surface area contributed by atoms with Gasteiger partial charge in [0.25, 0.3) is 0 Å². The summed E-state index contributed by atoms with van der Waals surface area (Å²) in [5.41, 5.74) is 0.879. The van der Waals surface area contributed by atoms with Crippen LogP contribution in [0.2, 0.25) is 0 Å². The largest absolute Gasteiger partial charge is 0.508 e. The van der Waals surface area contributed by atoms with E-state index in [1.807, 2.05) is 36.4 Å². The smallest absolute Gasteiger partial charge is 0.237 e. The number of aromatic hydroxyl groups is 1. The molecule has 0 saturated heterocycles. The number of para-hydroxylation sites is 1. The molecule has 3 nitrogen and oxygen atoms in total. The molecule has 0 unspecified atom stereocenters. The number of carbonyl (C=O) groups is 1. The predicted molar refractivity (Wildman–Crippen MR) is 78.7 cm³/mol. The lowest BCUT2D eigenvalue weighted by Crippen LogP contribution is -2.27. The lowest BCUT2D eigenvalue weighted by molar-refractivity contribution is -0.115. The van der Waals surface area contributed by atoms with Crippen molar-refractivity contribution in [1.29, 1.82) is 0 Å². The molecule has 0 spiro atoms. The number of anilines is 1. The molecule has 2 aromatic carbocycles. The van der Waals surface area contributed by atoms with Gasteiger partial charge in [-0.05, 0) is 30.3 Å². The zero-order valence-corrected chi connectivity index (χ0v) is 11.4. The Labute approximate surface area is 116 Å². The molecular formula is C15H15NO2S. The fraction of sp³-hybridized carbons (Fsp3) is 0.133. The number of carbonyl (C=O) groups excluding carboxylic acids is 1. The maximum atomic E-state index is 12.0. The molecule has 4 heteroatoms. The average Bonchev–Trinajstić information content (AvgIpc) is 2.45. The monoisotopic (exact) mass is 273 g/mol. The molecule has 0 fully saturated rings. The van der Waals surface area contributed by atoms with Crippen LogP contribution in [0.15, 0.2) is 59.5 Å². The number of phenolic OH excluding ortho intramolecular Hbond substituents is 1. The van der Waals surface area contributed by atoms with Crippen molar-refractivity contribution in [3.8, 4) is 5.75 Å². The highest BCUT2D eigenvalue weighted by molar-refractivity contribution is 8.00. The van der Waals surface area contributed by atoms with Crippen molar-refractivity contribution in [3.05, 3.63) is 54.6 Å². The summed E-state index contributed by atoms with van der Waals surface area (Å²) in [5, 5.41) is 9.36. The molecule has 19 heavy (non-hydrogen) atoms. The van der Waals surface area contributed by atoms with Crippen molar-refractivity contribution in [3.63, 3.8) is 0 Å². The van der Waals surface area contributed by atoms with Crippen LogP contribution in [0.4, 0.5) is 5.69 Å². The minimum atomic E-state index is 0.0274. The van der Waals surface area contributed by atoms with E-state index < -0.39 is 0 Å². The number of benzene rings is 2. The number of amides is 1. The van der Waals surface area contributed by atoms with Gasteiger partial charge >= 0.3 is 0 Å². The summed E-state index contributed by atoms with van der Waals surface area (Å²) in [5.74, 6) is 0.586. The third kappa shape index (κ3) is 3.76. The van der Waals surface area contributed by atoms with Crippen LogP contribution < -0.4 is 4.90 Å². The molecule has 0 bridgehead atoms. The molecule has 2 aromatic rings. The fourth-order valence-corrected chi connectivity index (χ4v) is 2.47. The van der Waals surface area contributed by atoms with E-state index in [1.54, 1.807) is 30.1 Å².